The Morgan fingerprint density at radius 2 is 2.00 bits per heavy atom. The quantitative estimate of drug-likeness (QED) is 0.749. The van der Waals surface area contributed by atoms with Gasteiger partial charge in [-0.2, -0.15) is 0 Å². The first-order chi connectivity index (χ1) is 8.16. The summed E-state index contributed by atoms with van der Waals surface area (Å²) in [6.07, 6.45) is -1.85. The highest BCUT2D eigenvalue weighted by Crippen LogP contribution is 2.30. The Morgan fingerprint density at radius 1 is 1.29 bits per heavy atom. The molecule has 2 atom stereocenters. The molecule has 5 heteroatoms. The average Bonchev–Trinajstić information content (AvgIpc) is 2.69. The third-order valence-corrected chi connectivity index (χ3v) is 2.39. The molecule has 1 aromatic rings. The molecule has 2 rings (SSSR count). The fraction of sp³-hybridized carbons (Fsp3) is 0.333. The highest BCUT2D eigenvalue weighted by Gasteiger charge is 2.38. The minimum atomic E-state index is -0.740. The third-order valence-electron chi connectivity index (χ3n) is 2.39. The second-order valence-electron chi connectivity index (χ2n) is 3.66. The van der Waals surface area contributed by atoms with E-state index in [2.05, 4.69) is 0 Å². The predicted octanol–water partition coefficient (Wildman–Crippen LogP) is 1.83. The first-order valence-electron chi connectivity index (χ1n) is 5.22. The molecule has 90 valence electrons. The Labute approximate surface area is 98.3 Å². The van der Waals surface area contributed by atoms with E-state index in [-0.39, 0.29) is 6.61 Å². The van der Waals surface area contributed by atoms with Crippen LogP contribution >= 0.6 is 0 Å². The maximum atomic E-state index is 11.1. The van der Waals surface area contributed by atoms with E-state index in [1.54, 1.807) is 0 Å². The van der Waals surface area contributed by atoms with Crippen LogP contribution in [0.3, 0.4) is 0 Å². The number of rotatable bonds is 3. The van der Waals surface area contributed by atoms with Gasteiger partial charge in [-0.15, -0.1) is 0 Å². The number of hydrogen-bond donors (Lipinski definition) is 0. The van der Waals surface area contributed by atoms with Crippen LogP contribution in [0.2, 0.25) is 0 Å². The van der Waals surface area contributed by atoms with Gasteiger partial charge in [-0.1, -0.05) is 30.3 Å². The molecular weight excluding hydrogens is 224 g/mol. The van der Waals surface area contributed by atoms with Crippen molar-refractivity contribution in [3.8, 4) is 0 Å². The summed E-state index contributed by atoms with van der Waals surface area (Å²) in [6.45, 7) is 1.30. The van der Waals surface area contributed by atoms with Crippen LogP contribution in [-0.4, -0.2) is 24.8 Å². The Bertz CT molecular complexity index is 414. The molecule has 0 spiro atoms. The van der Waals surface area contributed by atoms with Gasteiger partial charge >= 0.3 is 12.1 Å². The van der Waals surface area contributed by atoms with Crippen molar-refractivity contribution < 1.29 is 23.8 Å². The van der Waals surface area contributed by atoms with Gasteiger partial charge in [-0.05, 0) is 5.56 Å². The van der Waals surface area contributed by atoms with Gasteiger partial charge in [0.1, 0.15) is 6.61 Å². The van der Waals surface area contributed by atoms with Crippen LogP contribution < -0.4 is 0 Å². The lowest BCUT2D eigenvalue weighted by atomic mass is 10.1. The van der Waals surface area contributed by atoms with Crippen LogP contribution in [0.25, 0.3) is 0 Å². The molecule has 0 saturated carbocycles. The largest absolute Gasteiger partial charge is 0.509 e. The molecule has 0 bridgehead atoms. The maximum absolute atomic E-state index is 11.1. The molecule has 1 aliphatic rings. The van der Waals surface area contributed by atoms with E-state index in [9.17, 15) is 9.59 Å². The van der Waals surface area contributed by atoms with Crippen LogP contribution in [0, 0.1) is 0 Å². The van der Waals surface area contributed by atoms with Crippen LogP contribution in [0.4, 0.5) is 4.79 Å². The number of cyclic esters (lactones) is 2. The molecule has 1 aromatic carbocycles. The Kier molecular flexibility index (Phi) is 3.27. The molecule has 1 heterocycles. The minimum Gasteiger partial charge on any atom is -0.462 e. The molecule has 0 aliphatic carbocycles. The first-order valence-corrected chi connectivity index (χ1v) is 5.22. The van der Waals surface area contributed by atoms with Crippen molar-refractivity contribution in [2.45, 2.75) is 19.1 Å². The van der Waals surface area contributed by atoms with Crippen molar-refractivity contribution in [1.82, 2.24) is 0 Å². The molecular formula is C12H12O5. The lowest BCUT2D eigenvalue weighted by Gasteiger charge is -2.15. The van der Waals surface area contributed by atoms with Crippen molar-refractivity contribution in [1.29, 1.82) is 0 Å². The summed E-state index contributed by atoms with van der Waals surface area (Å²) in [5, 5.41) is 0. The van der Waals surface area contributed by atoms with Crippen LogP contribution in [0.1, 0.15) is 18.6 Å². The summed E-state index contributed by atoms with van der Waals surface area (Å²) in [5.41, 5.74) is 0.815. The van der Waals surface area contributed by atoms with E-state index in [1.165, 1.54) is 6.92 Å². The monoisotopic (exact) mass is 236 g/mol. The van der Waals surface area contributed by atoms with Crippen molar-refractivity contribution in [2.24, 2.45) is 0 Å². The van der Waals surface area contributed by atoms with Crippen molar-refractivity contribution in [3.63, 3.8) is 0 Å². The number of carbonyl (C=O) groups excluding carboxylic acids is 2. The topological polar surface area (TPSA) is 61.8 Å². The molecule has 0 radical (unpaired) electrons. The summed E-state index contributed by atoms with van der Waals surface area (Å²) in [6, 6.07) is 9.19. The van der Waals surface area contributed by atoms with Crippen molar-refractivity contribution in [3.05, 3.63) is 35.9 Å². The normalized spacial score (nSPS) is 22.8. The molecule has 0 N–H and O–H groups in total. The van der Waals surface area contributed by atoms with E-state index >= 15 is 0 Å². The fourth-order valence-corrected chi connectivity index (χ4v) is 1.64. The van der Waals surface area contributed by atoms with Gasteiger partial charge in [0.25, 0.3) is 0 Å². The molecule has 0 amide bonds. The molecule has 1 fully saturated rings. The van der Waals surface area contributed by atoms with E-state index in [0.717, 1.165) is 5.56 Å². The summed E-state index contributed by atoms with van der Waals surface area (Å²) in [7, 11) is 0. The van der Waals surface area contributed by atoms with Gasteiger partial charge in [0, 0.05) is 6.92 Å². The zero-order valence-corrected chi connectivity index (χ0v) is 9.29. The lowest BCUT2D eigenvalue weighted by Crippen LogP contribution is -2.23. The fourth-order valence-electron chi connectivity index (χ4n) is 1.64. The smallest absolute Gasteiger partial charge is 0.462 e. The van der Waals surface area contributed by atoms with E-state index < -0.39 is 24.3 Å². The zero-order valence-electron chi connectivity index (χ0n) is 9.29. The molecule has 5 nitrogen and oxygen atoms in total. The second kappa shape index (κ2) is 4.86. The molecule has 1 aliphatic heterocycles. The minimum absolute atomic E-state index is 0.000629. The maximum Gasteiger partial charge on any atom is 0.509 e. The van der Waals surface area contributed by atoms with E-state index in [4.69, 9.17) is 14.2 Å². The van der Waals surface area contributed by atoms with Gasteiger partial charge in [0.05, 0.1) is 0 Å². The number of carbonyl (C=O) groups is 2. The SMILES string of the molecule is CC(=O)OCC1OC(=O)OC1c1ccccc1. The second-order valence-corrected chi connectivity index (χ2v) is 3.66. The highest BCUT2D eigenvalue weighted by molar-refractivity contribution is 5.66. The number of hydrogen-bond acceptors (Lipinski definition) is 5. The lowest BCUT2D eigenvalue weighted by molar-refractivity contribution is -0.143. The van der Waals surface area contributed by atoms with Crippen molar-refractivity contribution in [2.75, 3.05) is 6.61 Å². The van der Waals surface area contributed by atoms with E-state index in [0.29, 0.717) is 0 Å². The molecule has 1 saturated heterocycles. The first kappa shape index (κ1) is 11.4. The van der Waals surface area contributed by atoms with Crippen LogP contribution in [-0.2, 0) is 19.0 Å². The molecule has 2 unspecified atom stereocenters. The van der Waals surface area contributed by atoms with E-state index in [1.807, 2.05) is 30.3 Å². The Balaban J connectivity index is 2.09. The average molecular weight is 236 g/mol. The number of esters is 1. The predicted molar refractivity (Wildman–Crippen MR) is 57.2 cm³/mol. The third kappa shape index (κ3) is 2.75. The highest BCUT2D eigenvalue weighted by atomic mass is 16.8. The van der Waals surface area contributed by atoms with Gasteiger partial charge < -0.3 is 14.2 Å². The Morgan fingerprint density at radius 3 is 2.65 bits per heavy atom. The summed E-state index contributed by atoms with van der Waals surface area (Å²) < 4.78 is 14.8. The number of ether oxygens (including phenoxy) is 3. The summed E-state index contributed by atoms with van der Waals surface area (Å²) in [5.74, 6) is -0.417. The van der Waals surface area contributed by atoms with Crippen LogP contribution in [0.5, 0.6) is 0 Å². The van der Waals surface area contributed by atoms with Crippen molar-refractivity contribution >= 4 is 12.1 Å². The standard InChI is InChI=1S/C12H12O5/c1-8(13)15-7-10-11(17-12(14)16-10)9-5-3-2-4-6-9/h2-6,10-11H,7H2,1H3. The summed E-state index contributed by atoms with van der Waals surface area (Å²) in [4.78, 5) is 21.8. The van der Waals surface area contributed by atoms with Gasteiger partial charge in [-0.3, -0.25) is 4.79 Å². The zero-order chi connectivity index (χ0) is 12.3. The summed E-state index contributed by atoms with van der Waals surface area (Å²) >= 11 is 0. The number of benzene rings is 1. The molecule has 0 aromatic heterocycles. The van der Waals surface area contributed by atoms with Gasteiger partial charge in [-0.25, -0.2) is 4.79 Å². The Hall–Kier alpha value is -2.04. The van der Waals surface area contributed by atoms with Gasteiger partial charge in [0.15, 0.2) is 12.2 Å². The van der Waals surface area contributed by atoms with Crippen LogP contribution in [0.15, 0.2) is 30.3 Å². The van der Waals surface area contributed by atoms with Gasteiger partial charge in [0.2, 0.25) is 0 Å². The molecule has 17 heavy (non-hydrogen) atoms.